The Bertz CT molecular complexity index is 549. The second kappa shape index (κ2) is 6.15. The van der Waals surface area contributed by atoms with Crippen molar-refractivity contribution < 1.29 is 14.7 Å². The molecule has 1 aromatic heterocycles. The summed E-state index contributed by atoms with van der Waals surface area (Å²) in [5, 5.41) is 16.0. The van der Waals surface area contributed by atoms with Crippen molar-refractivity contribution in [2.24, 2.45) is 7.05 Å². The number of carboxylic acid groups (broad SMARTS) is 1. The zero-order valence-electron chi connectivity index (χ0n) is 12.7. The summed E-state index contributed by atoms with van der Waals surface area (Å²) in [4.78, 5) is 24.5. The molecule has 0 unspecified atom stereocenters. The highest BCUT2D eigenvalue weighted by atomic mass is 16.4. The molecular weight excluding hydrogens is 272 g/mol. The van der Waals surface area contributed by atoms with Gasteiger partial charge in [-0.25, -0.2) is 4.79 Å². The van der Waals surface area contributed by atoms with Crippen LogP contribution < -0.4 is 5.32 Å². The fraction of sp³-hybridized carbons (Fsp3) is 0.643. The molecule has 0 atom stereocenters. The second-order valence-corrected chi connectivity index (χ2v) is 5.50. The number of nitrogens with zero attached hydrogens (tertiary/aromatic N) is 3. The first-order chi connectivity index (χ1) is 9.90. The molecule has 0 aliphatic heterocycles. The summed E-state index contributed by atoms with van der Waals surface area (Å²) in [6.07, 6.45) is 1.89. The van der Waals surface area contributed by atoms with Gasteiger partial charge in [0.25, 0.3) is 0 Å². The van der Waals surface area contributed by atoms with Gasteiger partial charge in [-0.2, -0.15) is 5.10 Å². The Balaban J connectivity index is 1.94. The highest BCUT2D eigenvalue weighted by Gasteiger charge is 2.32. The molecule has 1 heterocycles. The summed E-state index contributed by atoms with van der Waals surface area (Å²) in [6.45, 7) is 4.56. The molecule has 1 aromatic rings. The molecule has 0 saturated heterocycles. The summed E-state index contributed by atoms with van der Waals surface area (Å²) in [5.74, 6) is -0.882. The number of aromatic nitrogens is 2. The summed E-state index contributed by atoms with van der Waals surface area (Å²) in [5.41, 5.74) is 2.94. The predicted molar refractivity (Wildman–Crippen MR) is 76.9 cm³/mol. The number of urea groups is 1. The minimum absolute atomic E-state index is 0.0190. The molecule has 116 valence electrons. The zero-order chi connectivity index (χ0) is 15.6. The third-order valence-electron chi connectivity index (χ3n) is 3.89. The number of carbonyl (C=O) groups excluding carboxylic acids is 1. The fourth-order valence-electron chi connectivity index (χ4n) is 2.39. The first-order valence-corrected chi connectivity index (χ1v) is 7.15. The molecule has 1 aliphatic carbocycles. The van der Waals surface area contributed by atoms with E-state index in [1.807, 2.05) is 20.9 Å². The number of aliphatic carboxylic acids is 1. The molecule has 2 amide bonds. The van der Waals surface area contributed by atoms with E-state index >= 15 is 0 Å². The van der Waals surface area contributed by atoms with Gasteiger partial charge >= 0.3 is 12.0 Å². The fourth-order valence-corrected chi connectivity index (χ4v) is 2.39. The van der Waals surface area contributed by atoms with Crippen LogP contribution in [0, 0.1) is 13.8 Å². The molecule has 0 aromatic carbocycles. The van der Waals surface area contributed by atoms with Crippen molar-refractivity contribution in [1.29, 1.82) is 0 Å². The molecule has 7 heteroatoms. The van der Waals surface area contributed by atoms with Crippen molar-refractivity contribution in [1.82, 2.24) is 20.0 Å². The molecule has 1 aliphatic rings. The van der Waals surface area contributed by atoms with E-state index < -0.39 is 5.97 Å². The van der Waals surface area contributed by atoms with E-state index in [1.54, 1.807) is 9.58 Å². The third kappa shape index (κ3) is 3.74. The summed E-state index contributed by atoms with van der Waals surface area (Å²) in [7, 11) is 1.87. The Labute approximate surface area is 123 Å². The van der Waals surface area contributed by atoms with Crippen LogP contribution in [-0.4, -0.2) is 44.4 Å². The van der Waals surface area contributed by atoms with Crippen molar-refractivity contribution in [3.63, 3.8) is 0 Å². The molecule has 21 heavy (non-hydrogen) atoms. The number of aryl methyl sites for hydroxylation is 2. The lowest BCUT2D eigenvalue weighted by Gasteiger charge is -2.22. The Hall–Kier alpha value is -2.05. The average Bonchev–Trinajstić information content (AvgIpc) is 3.19. The smallest absolute Gasteiger partial charge is 0.317 e. The number of hydrogen-bond acceptors (Lipinski definition) is 3. The van der Waals surface area contributed by atoms with E-state index in [0.717, 1.165) is 29.8 Å². The van der Waals surface area contributed by atoms with Gasteiger partial charge in [0.15, 0.2) is 0 Å². The standard InChI is InChI=1S/C14H22N4O3/c1-9-12(10(2)17(3)16-9)8-15-14(21)18(11-4-5-11)7-6-13(19)20/h11H,4-8H2,1-3H3,(H,15,21)(H,19,20). The van der Waals surface area contributed by atoms with Gasteiger partial charge in [0.2, 0.25) is 0 Å². The van der Waals surface area contributed by atoms with Gasteiger partial charge in [-0.15, -0.1) is 0 Å². The van der Waals surface area contributed by atoms with Crippen LogP contribution in [0.2, 0.25) is 0 Å². The van der Waals surface area contributed by atoms with E-state index in [9.17, 15) is 9.59 Å². The van der Waals surface area contributed by atoms with Gasteiger partial charge in [0, 0.05) is 37.4 Å². The first-order valence-electron chi connectivity index (χ1n) is 7.15. The number of hydrogen-bond donors (Lipinski definition) is 2. The van der Waals surface area contributed by atoms with E-state index in [-0.39, 0.29) is 25.0 Å². The second-order valence-electron chi connectivity index (χ2n) is 5.50. The number of rotatable bonds is 6. The van der Waals surface area contributed by atoms with E-state index in [2.05, 4.69) is 10.4 Å². The van der Waals surface area contributed by atoms with Gasteiger partial charge < -0.3 is 15.3 Å². The predicted octanol–water partition coefficient (Wildman–Crippen LogP) is 1.19. The summed E-state index contributed by atoms with van der Waals surface area (Å²) in [6, 6.07) is 0.00171. The highest BCUT2D eigenvalue weighted by molar-refractivity contribution is 5.76. The van der Waals surface area contributed by atoms with Gasteiger partial charge in [0.1, 0.15) is 0 Å². The zero-order valence-corrected chi connectivity index (χ0v) is 12.7. The number of carboxylic acids is 1. The normalized spacial score (nSPS) is 14.0. The summed E-state index contributed by atoms with van der Waals surface area (Å²) < 4.78 is 1.79. The lowest BCUT2D eigenvalue weighted by Crippen LogP contribution is -2.42. The average molecular weight is 294 g/mol. The lowest BCUT2D eigenvalue weighted by molar-refractivity contribution is -0.137. The van der Waals surface area contributed by atoms with Crippen LogP contribution in [-0.2, 0) is 18.4 Å². The van der Waals surface area contributed by atoms with Gasteiger partial charge in [0.05, 0.1) is 12.1 Å². The van der Waals surface area contributed by atoms with Crippen LogP contribution >= 0.6 is 0 Å². The topological polar surface area (TPSA) is 87.5 Å². The SMILES string of the molecule is Cc1nn(C)c(C)c1CNC(=O)N(CCC(=O)O)C1CC1. The van der Waals surface area contributed by atoms with Crippen LogP contribution in [0.25, 0.3) is 0 Å². The Morgan fingerprint density at radius 3 is 2.57 bits per heavy atom. The van der Waals surface area contributed by atoms with Crippen molar-refractivity contribution in [3.8, 4) is 0 Å². The highest BCUT2D eigenvalue weighted by Crippen LogP contribution is 2.27. The number of carbonyl (C=O) groups is 2. The van der Waals surface area contributed by atoms with Crippen molar-refractivity contribution in [3.05, 3.63) is 17.0 Å². The van der Waals surface area contributed by atoms with E-state index in [0.29, 0.717) is 6.54 Å². The van der Waals surface area contributed by atoms with Crippen LogP contribution in [0.15, 0.2) is 0 Å². The molecule has 2 N–H and O–H groups in total. The maximum atomic E-state index is 12.2. The monoisotopic (exact) mass is 294 g/mol. The van der Waals surface area contributed by atoms with Crippen LogP contribution in [0.4, 0.5) is 4.79 Å². The molecule has 0 bridgehead atoms. The quantitative estimate of drug-likeness (QED) is 0.825. The maximum absolute atomic E-state index is 12.2. The molecule has 7 nitrogen and oxygen atoms in total. The van der Waals surface area contributed by atoms with Gasteiger partial charge in [-0.3, -0.25) is 9.48 Å². The maximum Gasteiger partial charge on any atom is 0.317 e. The molecule has 0 spiro atoms. The Kier molecular flexibility index (Phi) is 4.50. The van der Waals surface area contributed by atoms with Crippen molar-refractivity contribution in [2.45, 2.75) is 45.7 Å². The van der Waals surface area contributed by atoms with E-state index in [1.165, 1.54) is 0 Å². The van der Waals surface area contributed by atoms with E-state index in [4.69, 9.17) is 5.11 Å². The minimum Gasteiger partial charge on any atom is -0.481 e. The largest absolute Gasteiger partial charge is 0.481 e. The van der Waals surface area contributed by atoms with Crippen molar-refractivity contribution >= 4 is 12.0 Å². The first kappa shape index (κ1) is 15.3. The lowest BCUT2D eigenvalue weighted by atomic mass is 10.2. The van der Waals surface area contributed by atoms with Crippen LogP contribution in [0.5, 0.6) is 0 Å². The number of nitrogens with one attached hydrogen (secondary N) is 1. The minimum atomic E-state index is -0.882. The third-order valence-corrected chi connectivity index (χ3v) is 3.89. The van der Waals surface area contributed by atoms with Crippen molar-refractivity contribution in [2.75, 3.05) is 6.54 Å². The molecule has 0 radical (unpaired) electrons. The number of amides is 2. The van der Waals surface area contributed by atoms with Gasteiger partial charge in [-0.1, -0.05) is 0 Å². The summed E-state index contributed by atoms with van der Waals surface area (Å²) >= 11 is 0. The Morgan fingerprint density at radius 1 is 1.43 bits per heavy atom. The Morgan fingerprint density at radius 2 is 2.10 bits per heavy atom. The molecule has 1 fully saturated rings. The molecule has 2 rings (SSSR count). The molecular formula is C14H22N4O3. The van der Waals surface area contributed by atoms with Crippen LogP contribution in [0.3, 0.4) is 0 Å². The van der Waals surface area contributed by atoms with Crippen LogP contribution in [0.1, 0.15) is 36.2 Å². The van der Waals surface area contributed by atoms with Gasteiger partial charge in [-0.05, 0) is 26.7 Å². The molecule has 1 saturated carbocycles.